The number of anilines is 1. The summed E-state index contributed by atoms with van der Waals surface area (Å²) in [7, 11) is 0. The number of hydrogen-bond donors (Lipinski definition) is 2. The Bertz CT molecular complexity index is 810. The monoisotopic (exact) mass is 420 g/mol. The van der Waals surface area contributed by atoms with Crippen LogP contribution in [0.4, 0.5) is 37.7 Å². The number of benzene rings is 2. The van der Waals surface area contributed by atoms with Gasteiger partial charge >= 0.3 is 12.6 Å². The quantitative estimate of drug-likeness (QED) is 0.551. The lowest BCUT2D eigenvalue weighted by Crippen LogP contribution is -2.58. The van der Waals surface area contributed by atoms with E-state index >= 15 is 0 Å². The number of thioether (sulfide) groups is 1. The molecule has 0 saturated carbocycles. The van der Waals surface area contributed by atoms with Crippen LogP contribution in [0.2, 0.25) is 0 Å². The molecule has 3 rings (SSSR count). The van der Waals surface area contributed by atoms with Crippen LogP contribution in [0.3, 0.4) is 0 Å². The van der Waals surface area contributed by atoms with Crippen molar-refractivity contribution in [1.82, 2.24) is 10.6 Å². The second-order valence-corrected chi connectivity index (χ2v) is 6.81. The van der Waals surface area contributed by atoms with E-state index in [0.717, 1.165) is 4.90 Å². The van der Waals surface area contributed by atoms with Crippen LogP contribution in [-0.4, -0.2) is 29.3 Å². The minimum Gasteiger partial charge on any atom is -0.302 e. The Labute approximate surface area is 160 Å². The van der Waals surface area contributed by atoms with Gasteiger partial charge in [-0.3, -0.25) is 0 Å². The summed E-state index contributed by atoms with van der Waals surface area (Å²) in [6, 6.07) is 16.1. The minimum atomic E-state index is -4.90. The zero-order chi connectivity index (χ0) is 20.4. The van der Waals surface area contributed by atoms with Crippen LogP contribution in [0.25, 0.3) is 0 Å². The maximum atomic E-state index is 13.1. The number of hydrogen-bond acceptors (Lipinski definition) is 4. The van der Waals surface area contributed by atoms with E-state index in [9.17, 15) is 26.3 Å². The van der Waals surface area contributed by atoms with Crippen molar-refractivity contribution < 1.29 is 26.3 Å². The van der Waals surface area contributed by atoms with Gasteiger partial charge in [0.15, 0.2) is 5.17 Å². The lowest BCUT2D eigenvalue weighted by molar-refractivity contribution is -0.176. The third kappa shape index (κ3) is 5.40. The van der Waals surface area contributed by atoms with E-state index in [-0.39, 0.29) is 10.9 Å². The fourth-order valence-electron chi connectivity index (χ4n) is 2.62. The number of para-hydroxylation sites is 2. The summed E-state index contributed by atoms with van der Waals surface area (Å²) in [5.74, 6) is 0. The van der Waals surface area contributed by atoms with Gasteiger partial charge in [0.2, 0.25) is 0 Å². The number of nitrogens with one attached hydrogen (secondary N) is 2. The Morgan fingerprint density at radius 3 is 1.86 bits per heavy atom. The molecular weight excluding hydrogens is 406 g/mol. The van der Waals surface area contributed by atoms with E-state index in [2.05, 4.69) is 4.99 Å². The van der Waals surface area contributed by atoms with E-state index < -0.39 is 24.1 Å². The van der Waals surface area contributed by atoms with Crippen molar-refractivity contribution in [1.29, 1.82) is 0 Å². The van der Waals surface area contributed by atoms with Gasteiger partial charge in [0.1, 0.15) is 11.5 Å². The third-order valence-electron chi connectivity index (χ3n) is 3.64. The van der Waals surface area contributed by atoms with Crippen LogP contribution < -0.4 is 15.5 Å². The summed E-state index contributed by atoms with van der Waals surface area (Å²) in [5.41, 5.74) is 0.683. The molecule has 2 aromatic rings. The molecule has 1 saturated heterocycles. The smallest absolute Gasteiger partial charge is 0.302 e. The summed E-state index contributed by atoms with van der Waals surface area (Å²) in [5, 5.41) is 0.925. The third-order valence-corrected chi connectivity index (χ3v) is 4.76. The van der Waals surface area contributed by atoms with Gasteiger partial charge < -0.3 is 4.90 Å². The highest BCUT2D eigenvalue weighted by molar-refractivity contribution is 8.15. The molecule has 0 aliphatic carbocycles. The molecule has 150 valence electrons. The molecule has 1 aliphatic heterocycles. The fraction of sp³-hybridized carbons (Fsp3) is 0.235. The molecule has 11 heteroatoms. The Hall–Kier alpha value is -2.24. The first-order valence-electron chi connectivity index (χ1n) is 7.96. The van der Waals surface area contributed by atoms with E-state index in [4.69, 9.17) is 0 Å². The summed E-state index contributed by atoms with van der Waals surface area (Å²) >= 11 is 0.566. The predicted octanol–water partition coefficient (Wildman–Crippen LogP) is 4.80. The van der Waals surface area contributed by atoms with Gasteiger partial charge in [-0.2, -0.15) is 26.3 Å². The lowest BCUT2D eigenvalue weighted by Gasteiger charge is -2.30. The number of aliphatic imine (C=N–C) groups is 1. The van der Waals surface area contributed by atoms with Gasteiger partial charge in [-0.05, 0) is 24.3 Å². The fourth-order valence-corrected chi connectivity index (χ4v) is 3.85. The second kappa shape index (κ2) is 8.02. The van der Waals surface area contributed by atoms with Gasteiger partial charge in [-0.25, -0.2) is 15.6 Å². The van der Waals surface area contributed by atoms with E-state index in [1.807, 2.05) is 0 Å². The van der Waals surface area contributed by atoms with Crippen LogP contribution >= 0.6 is 11.8 Å². The first-order chi connectivity index (χ1) is 13.1. The first kappa shape index (κ1) is 20.5. The summed E-state index contributed by atoms with van der Waals surface area (Å²) in [6.45, 7) is 0. The van der Waals surface area contributed by atoms with E-state index in [0.29, 0.717) is 17.4 Å². The molecule has 2 atom stereocenters. The number of halogens is 6. The summed E-state index contributed by atoms with van der Waals surface area (Å²) in [6.07, 6.45) is -11.5. The molecule has 2 N–H and O–H groups in total. The largest absolute Gasteiger partial charge is 0.459 e. The van der Waals surface area contributed by atoms with Crippen molar-refractivity contribution >= 4 is 28.3 Å². The summed E-state index contributed by atoms with van der Waals surface area (Å²) < 4.78 is 77.9. The predicted molar refractivity (Wildman–Crippen MR) is 96.0 cm³/mol. The van der Waals surface area contributed by atoms with E-state index in [1.165, 1.54) is 22.8 Å². The Balaban J connectivity index is 2.06. The average molecular weight is 420 g/mol. The van der Waals surface area contributed by atoms with Crippen molar-refractivity contribution in [2.45, 2.75) is 24.1 Å². The Kier molecular flexibility index (Phi) is 5.87. The molecule has 1 heterocycles. The van der Waals surface area contributed by atoms with Crippen molar-refractivity contribution in [2.75, 3.05) is 4.90 Å². The van der Waals surface area contributed by atoms with Crippen LogP contribution in [0.5, 0.6) is 0 Å². The molecule has 0 aromatic heterocycles. The molecule has 0 bridgehead atoms. The molecule has 4 nitrogen and oxygen atoms in total. The highest BCUT2D eigenvalue weighted by Gasteiger charge is 2.49. The molecule has 0 spiro atoms. The molecule has 2 unspecified atom stereocenters. The molecule has 2 aromatic carbocycles. The Morgan fingerprint density at radius 1 is 0.786 bits per heavy atom. The zero-order valence-corrected chi connectivity index (χ0v) is 14.8. The maximum absolute atomic E-state index is 13.1. The number of amidine groups is 1. The number of alkyl halides is 6. The van der Waals surface area contributed by atoms with E-state index in [1.54, 1.807) is 48.5 Å². The molecule has 1 fully saturated rings. The van der Waals surface area contributed by atoms with Crippen LogP contribution in [0.15, 0.2) is 65.7 Å². The van der Waals surface area contributed by atoms with Gasteiger partial charge in [-0.1, -0.05) is 48.2 Å². The minimum absolute atomic E-state index is 0.000833. The van der Waals surface area contributed by atoms with Gasteiger partial charge in [0.25, 0.3) is 0 Å². The van der Waals surface area contributed by atoms with Crippen LogP contribution in [0, 0.1) is 0 Å². The highest BCUT2D eigenvalue weighted by Crippen LogP contribution is 2.37. The Morgan fingerprint density at radius 2 is 1.32 bits per heavy atom. The topological polar surface area (TPSA) is 39.7 Å². The zero-order valence-electron chi connectivity index (χ0n) is 14.0. The molecule has 1 aliphatic rings. The van der Waals surface area contributed by atoms with Crippen molar-refractivity contribution in [3.8, 4) is 0 Å². The highest BCUT2D eigenvalue weighted by atomic mass is 32.2. The van der Waals surface area contributed by atoms with Gasteiger partial charge in [0, 0.05) is 5.69 Å². The van der Waals surface area contributed by atoms with Crippen molar-refractivity contribution in [2.24, 2.45) is 4.99 Å². The molecule has 28 heavy (non-hydrogen) atoms. The first-order valence-corrected chi connectivity index (χ1v) is 8.84. The molecular formula is C17H14F6N4S. The SMILES string of the molecule is FC(F)(F)NC1SC(=Nc2ccccc2)N(c2ccccc2)C1NC(F)(F)F. The average Bonchev–Trinajstić information content (AvgIpc) is 2.90. The maximum Gasteiger partial charge on any atom is 0.459 e. The normalized spacial score (nSPS) is 22.1. The number of rotatable bonds is 4. The van der Waals surface area contributed by atoms with Gasteiger partial charge in [-0.15, -0.1) is 0 Å². The van der Waals surface area contributed by atoms with Gasteiger partial charge in [0.05, 0.1) is 5.69 Å². The van der Waals surface area contributed by atoms with Crippen molar-refractivity contribution in [3.63, 3.8) is 0 Å². The van der Waals surface area contributed by atoms with Crippen molar-refractivity contribution in [3.05, 3.63) is 60.7 Å². The number of nitrogens with zero attached hydrogens (tertiary/aromatic N) is 2. The standard InChI is InChI=1S/C17H14F6N4S/c18-16(19,20)25-13-14(26-17(21,22)23)28-15(24-11-7-3-1-4-8-11)27(13)12-9-5-2-6-10-12/h1-10,13-14,25-26H. The summed E-state index contributed by atoms with van der Waals surface area (Å²) in [4.78, 5) is 5.37. The second-order valence-electron chi connectivity index (χ2n) is 5.70. The molecule has 0 radical (unpaired) electrons. The van der Waals surface area contributed by atoms with Crippen LogP contribution in [-0.2, 0) is 0 Å². The van der Waals surface area contributed by atoms with Crippen LogP contribution in [0.1, 0.15) is 0 Å². The molecule has 0 amide bonds. The lowest BCUT2D eigenvalue weighted by atomic mass is 10.2.